The Kier molecular flexibility index (Phi) is 3.92. The minimum Gasteiger partial charge on any atom is -0.255 e. The molecule has 3 heterocycles. The summed E-state index contributed by atoms with van der Waals surface area (Å²) in [6, 6.07) is 15.5. The zero-order chi connectivity index (χ0) is 20.4. The summed E-state index contributed by atoms with van der Waals surface area (Å²) in [5.74, 6) is 0.855. The normalized spacial score (nSPS) is 12.4. The van der Waals surface area contributed by atoms with Crippen molar-refractivity contribution in [3.63, 3.8) is 0 Å². The van der Waals surface area contributed by atoms with Crippen molar-refractivity contribution in [2.75, 3.05) is 0 Å². The summed E-state index contributed by atoms with van der Waals surface area (Å²) in [5, 5.41) is 2.56. The summed E-state index contributed by atoms with van der Waals surface area (Å²) in [4.78, 5) is 4.95. The van der Waals surface area contributed by atoms with Gasteiger partial charge in [-0.2, -0.15) is 4.40 Å². The number of para-hydroxylation sites is 2. The summed E-state index contributed by atoms with van der Waals surface area (Å²) in [5.41, 5.74) is 10.2. The van der Waals surface area contributed by atoms with Gasteiger partial charge in [0.2, 0.25) is 0 Å². The number of imidazole rings is 1. The molecule has 5 aromatic rings. The molecule has 0 amide bonds. The van der Waals surface area contributed by atoms with Crippen LogP contribution in [0.5, 0.6) is 0 Å². The van der Waals surface area contributed by atoms with Gasteiger partial charge < -0.3 is 0 Å². The summed E-state index contributed by atoms with van der Waals surface area (Å²) < 4.78 is 4.82. The maximum absolute atomic E-state index is 4.95. The van der Waals surface area contributed by atoms with E-state index in [2.05, 4.69) is 93.1 Å². The van der Waals surface area contributed by atoms with Crippen molar-refractivity contribution in [1.82, 2.24) is 9.38 Å². The minimum absolute atomic E-state index is 0.427. The van der Waals surface area contributed by atoms with Gasteiger partial charge in [0.15, 0.2) is 11.0 Å². The highest BCUT2D eigenvalue weighted by Gasteiger charge is 2.28. The Balaban J connectivity index is 2.27. The van der Waals surface area contributed by atoms with E-state index in [4.69, 9.17) is 4.98 Å². The Hall–Kier alpha value is -2.94. The molecule has 0 unspecified atom stereocenters. The molecule has 0 spiro atoms. The molecule has 0 bridgehead atoms. The molecule has 3 heteroatoms. The molecule has 3 nitrogen and oxygen atoms in total. The fraction of sp³-hybridized carbons (Fsp3) is 0.308. The minimum atomic E-state index is 0.427. The zero-order valence-electron chi connectivity index (χ0n) is 18.1. The lowest BCUT2D eigenvalue weighted by atomic mass is 9.90. The summed E-state index contributed by atoms with van der Waals surface area (Å²) in [7, 11) is 2.18. The lowest BCUT2D eigenvalue weighted by Gasteiger charge is -2.17. The van der Waals surface area contributed by atoms with Crippen molar-refractivity contribution in [2.45, 2.75) is 46.5 Å². The Morgan fingerprint density at radius 1 is 0.862 bits per heavy atom. The van der Waals surface area contributed by atoms with Crippen LogP contribution in [0.1, 0.15) is 56.2 Å². The molecule has 3 aromatic heterocycles. The third-order valence-corrected chi connectivity index (χ3v) is 6.34. The van der Waals surface area contributed by atoms with E-state index in [0.29, 0.717) is 11.8 Å². The van der Waals surface area contributed by atoms with Gasteiger partial charge in [0.25, 0.3) is 5.65 Å². The van der Waals surface area contributed by atoms with Gasteiger partial charge in [-0.25, -0.2) is 4.57 Å². The average molecular weight is 383 g/mol. The molecule has 0 N–H and O–H groups in total. The first-order valence-electron chi connectivity index (χ1n) is 10.5. The monoisotopic (exact) mass is 382 g/mol. The second kappa shape index (κ2) is 6.28. The molecule has 2 aromatic carbocycles. The highest BCUT2D eigenvalue weighted by Crippen LogP contribution is 2.39. The second-order valence-electron chi connectivity index (χ2n) is 8.84. The molecule has 0 fully saturated rings. The van der Waals surface area contributed by atoms with Gasteiger partial charge in [0, 0.05) is 11.8 Å². The first kappa shape index (κ1) is 18.1. The van der Waals surface area contributed by atoms with E-state index in [1.54, 1.807) is 0 Å². The first-order chi connectivity index (χ1) is 13.9. The third kappa shape index (κ3) is 2.37. The van der Waals surface area contributed by atoms with E-state index in [-0.39, 0.29) is 0 Å². The number of fused-ring (bicyclic) bond motifs is 8. The number of hydrogen-bond donors (Lipinski definition) is 0. The van der Waals surface area contributed by atoms with Crippen LogP contribution < -0.4 is 4.57 Å². The van der Waals surface area contributed by atoms with Crippen molar-refractivity contribution in [2.24, 2.45) is 7.05 Å². The van der Waals surface area contributed by atoms with Crippen LogP contribution in [0.4, 0.5) is 0 Å². The maximum Gasteiger partial charge on any atom is 0.297 e. The van der Waals surface area contributed by atoms with Crippen molar-refractivity contribution in [1.29, 1.82) is 0 Å². The topological polar surface area (TPSA) is 21.2 Å². The lowest BCUT2D eigenvalue weighted by molar-refractivity contribution is -0.617. The van der Waals surface area contributed by atoms with Crippen molar-refractivity contribution in [3.05, 3.63) is 65.4 Å². The van der Waals surface area contributed by atoms with Crippen LogP contribution >= 0.6 is 0 Å². The lowest BCUT2D eigenvalue weighted by Crippen LogP contribution is -2.27. The summed E-state index contributed by atoms with van der Waals surface area (Å²) in [6.45, 7) is 11.3. The Bertz CT molecular complexity index is 1420. The number of rotatable bonds is 2. The van der Waals surface area contributed by atoms with Crippen molar-refractivity contribution >= 4 is 38.5 Å². The summed E-state index contributed by atoms with van der Waals surface area (Å²) in [6.07, 6.45) is 1.96. The van der Waals surface area contributed by atoms with Crippen LogP contribution in [0.2, 0.25) is 0 Å². The number of nitrogens with zero attached hydrogens (tertiary/aromatic N) is 3. The SMILES string of the molecule is Cc1ccnc2c3c(C(C)C)ccc(C(C)C)c3n3c4ccccc4[n+](C)c3c12. The molecule has 29 heavy (non-hydrogen) atoms. The molecule has 0 aliphatic carbocycles. The molecule has 0 aliphatic heterocycles. The van der Waals surface area contributed by atoms with E-state index in [9.17, 15) is 0 Å². The second-order valence-corrected chi connectivity index (χ2v) is 8.84. The molecule has 0 saturated heterocycles. The van der Waals surface area contributed by atoms with Gasteiger partial charge in [-0.1, -0.05) is 52.0 Å². The van der Waals surface area contributed by atoms with Gasteiger partial charge in [-0.05, 0) is 48.1 Å². The highest BCUT2D eigenvalue weighted by atomic mass is 15.1. The van der Waals surface area contributed by atoms with Gasteiger partial charge >= 0.3 is 0 Å². The average Bonchev–Trinajstić information content (AvgIpc) is 3.00. The van der Waals surface area contributed by atoms with Crippen LogP contribution in [0, 0.1) is 6.92 Å². The molecule has 0 atom stereocenters. The number of aromatic nitrogens is 3. The Labute approximate surface area is 171 Å². The molecular weight excluding hydrogens is 354 g/mol. The van der Waals surface area contributed by atoms with E-state index < -0.39 is 0 Å². The van der Waals surface area contributed by atoms with Gasteiger partial charge in [-0.3, -0.25) is 4.98 Å². The van der Waals surface area contributed by atoms with E-state index in [0.717, 1.165) is 5.52 Å². The molecule has 0 aliphatic rings. The largest absolute Gasteiger partial charge is 0.297 e. The highest BCUT2D eigenvalue weighted by molar-refractivity contribution is 6.14. The van der Waals surface area contributed by atoms with Crippen LogP contribution in [0.3, 0.4) is 0 Å². The van der Waals surface area contributed by atoms with E-state index in [1.807, 2.05) is 6.20 Å². The van der Waals surface area contributed by atoms with Crippen LogP contribution in [0.25, 0.3) is 38.5 Å². The smallest absolute Gasteiger partial charge is 0.255 e. The Morgan fingerprint density at radius 2 is 1.55 bits per heavy atom. The molecule has 0 radical (unpaired) electrons. The Morgan fingerprint density at radius 3 is 2.28 bits per heavy atom. The summed E-state index contributed by atoms with van der Waals surface area (Å²) >= 11 is 0. The molecule has 5 rings (SSSR count). The molecule has 146 valence electrons. The fourth-order valence-electron chi connectivity index (χ4n) is 4.91. The van der Waals surface area contributed by atoms with E-state index in [1.165, 1.54) is 49.7 Å². The number of aryl methyl sites for hydroxylation is 2. The van der Waals surface area contributed by atoms with E-state index >= 15 is 0 Å². The predicted molar refractivity (Wildman–Crippen MR) is 122 cm³/mol. The van der Waals surface area contributed by atoms with Crippen molar-refractivity contribution < 1.29 is 4.57 Å². The van der Waals surface area contributed by atoms with Crippen molar-refractivity contribution in [3.8, 4) is 0 Å². The number of pyridine rings is 2. The first-order valence-corrected chi connectivity index (χ1v) is 10.5. The van der Waals surface area contributed by atoms with Crippen LogP contribution in [-0.4, -0.2) is 9.38 Å². The standard InChI is InChI=1S/C26H28N3/c1-15(2)18-11-12-19(16(3)4)25-23(18)24-22(17(5)13-14-27-24)26-28(6)20-9-7-8-10-21(20)29(25)26/h7-16H,1-6H3/q+1. The maximum atomic E-state index is 4.95. The quantitative estimate of drug-likeness (QED) is 0.264. The fourth-order valence-corrected chi connectivity index (χ4v) is 4.91. The molecular formula is C26H28N3+. The van der Waals surface area contributed by atoms with Crippen LogP contribution in [0.15, 0.2) is 48.7 Å². The zero-order valence-corrected chi connectivity index (χ0v) is 18.1. The van der Waals surface area contributed by atoms with Gasteiger partial charge in [0.1, 0.15) is 5.52 Å². The van der Waals surface area contributed by atoms with Gasteiger partial charge in [-0.15, -0.1) is 0 Å². The van der Waals surface area contributed by atoms with Gasteiger partial charge in [0.05, 0.1) is 23.3 Å². The number of benzene rings is 2. The predicted octanol–water partition coefficient (Wildman–Crippen LogP) is 6.17. The number of hydrogen-bond acceptors (Lipinski definition) is 1. The molecule has 0 saturated carbocycles. The van der Waals surface area contributed by atoms with Crippen LogP contribution in [-0.2, 0) is 7.05 Å². The third-order valence-electron chi connectivity index (χ3n) is 6.34.